The number of halogens is 2. The fraction of sp³-hybridized carbons (Fsp3) is 0. The molecule has 1 aliphatic rings. The molecule has 4 N–H and O–H groups in total. The number of rotatable bonds is 2. The van der Waals surface area contributed by atoms with E-state index in [2.05, 4.69) is 10.6 Å². The van der Waals surface area contributed by atoms with E-state index in [1.54, 1.807) is 12.1 Å². The van der Waals surface area contributed by atoms with Crippen LogP contribution in [0.3, 0.4) is 0 Å². The van der Waals surface area contributed by atoms with Gasteiger partial charge in [0.05, 0.1) is 22.1 Å². The Morgan fingerprint density at radius 1 is 1.05 bits per heavy atom. The van der Waals surface area contributed by atoms with Crippen LogP contribution in [0.4, 0.5) is 11.4 Å². The van der Waals surface area contributed by atoms with Crippen molar-refractivity contribution in [2.24, 2.45) is 5.73 Å². The quantitative estimate of drug-likeness (QED) is 0.790. The van der Waals surface area contributed by atoms with Crippen LogP contribution in [0.5, 0.6) is 0 Å². The van der Waals surface area contributed by atoms with Crippen LogP contribution < -0.4 is 16.4 Å². The molecule has 2 aromatic carbocycles. The molecular weight excluding hydrogens is 309 g/mol. The van der Waals surface area contributed by atoms with Crippen LogP contribution in [-0.2, 0) is 4.79 Å². The summed E-state index contributed by atoms with van der Waals surface area (Å²) in [7, 11) is 0. The van der Waals surface area contributed by atoms with Gasteiger partial charge in [-0.25, -0.2) is 0 Å². The molecule has 0 aromatic heterocycles. The molecule has 0 atom stereocenters. The van der Waals surface area contributed by atoms with Crippen LogP contribution in [0.2, 0.25) is 10.0 Å². The zero-order valence-electron chi connectivity index (χ0n) is 10.8. The number of anilines is 2. The van der Waals surface area contributed by atoms with E-state index in [-0.39, 0.29) is 5.70 Å². The predicted octanol–water partition coefficient (Wildman–Crippen LogP) is 3.68. The van der Waals surface area contributed by atoms with E-state index in [0.29, 0.717) is 27.1 Å². The monoisotopic (exact) mass is 319 g/mol. The van der Waals surface area contributed by atoms with Gasteiger partial charge in [0.2, 0.25) is 0 Å². The Balaban J connectivity index is 2.15. The van der Waals surface area contributed by atoms with Gasteiger partial charge >= 0.3 is 0 Å². The summed E-state index contributed by atoms with van der Waals surface area (Å²) in [6.45, 7) is 0. The number of nitrogens with one attached hydrogen (secondary N) is 2. The summed E-state index contributed by atoms with van der Waals surface area (Å²) in [5, 5.41) is 7.10. The second-order valence-electron chi connectivity index (χ2n) is 4.54. The highest BCUT2D eigenvalue weighted by Crippen LogP contribution is 2.40. The Morgan fingerprint density at radius 2 is 1.76 bits per heavy atom. The third-order valence-corrected chi connectivity index (χ3v) is 3.64. The molecule has 1 aliphatic heterocycles. The molecule has 1 amide bonds. The number of fused-ring (bicyclic) bond motifs is 1. The van der Waals surface area contributed by atoms with E-state index in [9.17, 15) is 4.79 Å². The summed E-state index contributed by atoms with van der Waals surface area (Å²) in [5.41, 5.74) is 8.41. The lowest BCUT2D eigenvalue weighted by atomic mass is 10.1. The standard InChI is InChI=1S/C15H11Cl2N3O/c16-9-6-10(17)13-11(7-9)19-14(15(18)21)12(20-13)8-4-2-1-3-5-8/h1-7,19-20H,(H2,18,21). The minimum atomic E-state index is -0.567. The molecule has 0 saturated heterocycles. The molecule has 21 heavy (non-hydrogen) atoms. The Morgan fingerprint density at radius 3 is 2.43 bits per heavy atom. The summed E-state index contributed by atoms with van der Waals surface area (Å²) in [4.78, 5) is 11.7. The minimum absolute atomic E-state index is 0.270. The maximum absolute atomic E-state index is 11.7. The van der Waals surface area contributed by atoms with Gasteiger partial charge in [0.25, 0.3) is 5.91 Å². The maximum Gasteiger partial charge on any atom is 0.267 e. The summed E-state index contributed by atoms with van der Waals surface area (Å²) >= 11 is 12.2. The molecule has 0 unspecified atom stereocenters. The smallest absolute Gasteiger partial charge is 0.267 e. The molecule has 4 nitrogen and oxygen atoms in total. The van der Waals surface area contributed by atoms with Crippen LogP contribution >= 0.6 is 23.2 Å². The summed E-state index contributed by atoms with van der Waals surface area (Å²) in [5.74, 6) is -0.567. The molecular formula is C15H11Cl2N3O. The number of carbonyl (C=O) groups excluding carboxylic acids is 1. The first-order chi connectivity index (χ1) is 10.1. The number of carbonyl (C=O) groups is 1. The lowest BCUT2D eigenvalue weighted by Gasteiger charge is -2.26. The van der Waals surface area contributed by atoms with Crippen molar-refractivity contribution in [2.75, 3.05) is 10.6 Å². The van der Waals surface area contributed by atoms with Gasteiger partial charge in [-0.1, -0.05) is 53.5 Å². The SMILES string of the molecule is NC(=O)C1=C(c2ccccc2)Nc2c(Cl)cc(Cl)cc2N1. The van der Waals surface area contributed by atoms with Crippen molar-refractivity contribution >= 4 is 46.2 Å². The Hall–Kier alpha value is -2.17. The maximum atomic E-state index is 11.7. The third-order valence-electron chi connectivity index (χ3n) is 3.12. The molecule has 0 spiro atoms. The molecule has 3 rings (SSSR count). The molecule has 0 aliphatic carbocycles. The van der Waals surface area contributed by atoms with Gasteiger partial charge in [0.1, 0.15) is 5.70 Å². The van der Waals surface area contributed by atoms with Crippen molar-refractivity contribution in [3.8, 4) is 0 Å². The van der Waals surface area contributed by atoms with Gasteiger partial charge in [0.15, 0.2) is 0 Å². The van der Waals surface area contributed by atoms with Gasteiger partial charge in [-0.15, -0.1) is 0 Å². The fourth-order valence-electron chi connectivity index (χ4n) is 2.19. The van der Waals surface area contributed by atoms with E-state index >= 15 is 0 Å². The van der Waals surface area contributed by atoms with Gasteiger partial charge in [-0.2, -0.15) is 0 Å². The van der Waals surface area contributed by atoms with Crippen molar-refractivity contribution < 1.29 is 4.79 Å². The van der Waals surface area contributed by atoms with E-state index in [4.69, 9.17) is 28.9 Å². The second kappa shape index (κ2) is 5.31. The molecule has 1 heterocycles. The van der Waals surface area contributed by atoms with Gasteiger partial charge in [-0.05, 0) is 12.1 Å². The van der Waals surface area contributed by atoms with Gasteiger partial charge < -0.3 is 16.4 Å². The number of benzene rings is 2. The lowest BCUT2D eigenvalue weighted by molar-refractivity contribution is -0.114. The van der Waals surface area contributed by atoms with E-state index < -0.39 is 5.91 Å². The number of hydrogen-bond donors (Lipinski definition) is 3. The number of amides is 1. The van der Waals surface area contributed by atoms with E-state index in [0.717, 1.165) is 5.56 Å². The predicted molar refractivity (Wildman–Crippen MR) is 86.3 cm³/mol. The van der Waals surface area contributed by atoms with Crippen LogP contribution in [0.1, 0.15) is 5.56 Å². The Bertz CT molecular complexity index is 757. The fourth-order valence-corrected chi connectivity index (χ4v) is 2.73. The van der Waals surface area contributed by atoms with Crippen molar-refractivity contribution in [3.63, 3.8) is 0 Å². The largest absolute Gasteiger partial charge is 0.364 e. The Kier molecular flexibility index (Phi) is 3.49. The second-order valence-corrected chi connectivity index (χ2v) is 5.38. The first-order valence-electron chi connectivity index (χ1n) is 6.19. The van der Waals surface area contributed by atoms with Crippen molar-refractivity contribution in [2.45, 2.75) is 0 Å². The molecule has 106 valence electrons. The van der Waals surface area contributed by atoms with Crippen molar-refractivity contribution in [1.29, 1.82) is 0 Å². The molecule has 6 heteroatoms. The Labute approximate surface area is 131 Å². The van der Waals surface area contributed by atoms with Crippen molar-refractivity contribution in [3.05, 3.63) is 63.8 Å². The molecule has 0 radical (unpaired) electrons. The molecule has 0 bridgehead atoms. The number of nitrogens with two attached hydrogens (primary N) is 1. The zero-order chi connectivity index (χ0) is 15.0. The van der Waals surface area contributed by atoms with E-state index in [1.165, 1.54) is 0 Å². The highest BCUT2D eigenvalue weighted by Gasteiger charge is 2.24. The highest BCUT2D eigenvalue weighted by molar-refractivity contribution is 6.38. The van der Waals surface area contributed by atoms with Gasteiger partial charge in [-0.3, -0.25) is 4.79 Å². The lowest BCUT2D eigenvalue weighted by Crippen LogP contribution is -2.27. The molecule has 0 saturated carbocycles. The summed E-state index contributed by atoms with van der Waals surface area (Å²) in [6.07, 6.45) is 0. The number of hydrogen-bond acceptors (Lipinski definition) is 3. The normalized spacial score (nSPS) is 13.2. The minimum Gasteiger partial charge on any atom is -0.364 e. The van der Waals surface area contributed by atoms with Crippen LogP contribution in [-0.4, -0.2) is 5.91 Å². The van der Waals surface area contributed by atoms with Crippen LogP contribution in [0, 0.1) is 0 Å². The topological polar surface area (TPSA) is 67.2 Å². The zero-order valence-corrected chi connectivity index (χ0v) is 12.3. The summed E-state index contributed by atoms with van der Waals surface area (Å²) < 4.78 is 0. The first kappa shape index (κ1) is 13.8. The van der Waals surface area contributed by atoms with Gasteiger partial charge in [0, 0.05) is 10.6 Å². The van der Waals surface area contributed by atoms with Crippen LogP contribution in [0.25, 0.3) is 5.70 Å². The van der Waals surface area contributed by atoms with Crippen molar-refractivity contribution in [1.82, 2.24) is 0 Å². The average Bonchev–Trinajstić information content (AvgIpc) is 2.46. The highest BCUT2D eigenvalue weighted by atomic mass is 35.5. The van der Waals surface area contributed by atoms with E-state index in [1.807, 2.05) is 30.3 Å². The third kappa shape index (κ3) is 2.55. The summed E-state index contributed by atoms with van der Waals surface area (Å²) in [6, 6.07) is 12.7. The number of primary amides is 1. The molecule has 0 fully saturated rings. The molecule has 2 aromatic rings. The van der Waals surface area contributed by atoms with Crippen LogP contribution in [0.15, 0.2) is 48.2 Å². The average molecular weight is 320 g/mol. The first-order valence-corrected chi connectivity index (χ1v) is 6.94.